The van der Waals surface area contributed by atoms with Gasteiger partial charge >= 0.3 is 0 Å². The lowest BCUT2D eigenvalue weighted by molar-refractivity contribution is 0.902. The minimum Gasteiger partial charge on any atom is -0.309 e. The Morgan fingerprint density at radius 3 is 2.79 bits per heavy atom. The number of H-pyrrole nitrogens is 1. The Kier molecular flexibility index (Phi) is 4.17. The number of rotatable bonds is 4. The van der Waals surface area contributed by atoms with Crippen molar-refractivity contribution in [3.05, 3.63) is 57.5 Å². The highest BCUT2D eigenvalue weighted by molar-refractivity contribution is 7.99. The molecule has 24 heavy (non-hydrogen) atoms. The molecule has 1 atom stereocenters. The van der Waals surface area contributed by atoms with Crippen molar-refractivity contribution in [2.45, 2.75) is 17.3 Å². The molecule has 5 nitrogen and oxygen atoms in total. The van der Waals surface area contributed by atoms with Gasteiger partial charge in [0, 0.05) is 28.2 Å². The Balaban J connectivity index is 1.72. The predicted octanol–water partition coefficient (Wildman–Crippen LogP) is 4.36. The van der Waals surface area contributed by atoms with Crippen LogP contribution in [0.15, 0.2) is 51.3 Å². The third-order valence-electron chi connectivity index (χ3n) is 3.46. The van der Waals surface area contributed by atoms with E-state index >= 15 is 0 Å². The summed E-state index contributed by atoms with van der Waals surface area (Å²) in [7, 11) is 0. The van der Waals surface area contributed by atoms with Crippen LogP contribution in [-0.2, 0) is 0 Å². The first kappa shape index (κ1) is 15.5. The lowest BCUT2D eigenvalue weighted by atomic mass is 10.2. The van der Waals surface area contributed by atoms with Crippen LogP contribution in [0.5, 0.6) is 0 Å². The van der Waals surface area contributed by atoms with E-state index in [0.717, 1.165) is 15.3 Å². The second kappa shape index (κ2) is 6.46. The van der Waals surface area contributed by atoms with Gasteiger partial charge < -0.3 is 4.98 Å². The van der Waals surface area contributed by atoms with Crippen LogP contribution in [0.2, 0.25) is 0 Å². The van der Waals surface area contributed by atoms with E-state index in [1.165, 1.54) is 23.1 Å². The van der Waals surface area contributed by atoms with Crippen molar-refractivity contribution in [2.75, 3.05) is 0 Å². The number of thiophene rings is 2. The topological polar surface area (TPSA) is 71.5 Å². The highest BCUT2D eigenvalue weighted by Crippen LogP contribution is 2.35. The molecule has 0 bridgehead atoms. The Labute approximate surface area is 149 Å². The Bertz CT molecular complexity index is 1020. The molecular formula is C16H12N4OS3. The molecule has 0 aromatic carbocycles. The first-order valence-electron chi connectivity index (χ1n) is 7.21. The number of nitrogens with one attached hydrogen (secondary N) is 1. The summed E-state index contributed by atoms with van der Waals surface area (Å²) in [5, 5.41) is 5.29. The van der Waals surface area contributed by atoms with Crippen molar-refractivity contribution in [3.8, 4) is 10.4 Å². The lowest BCUT2D eigenvalue weighted by Crippen LogP contribution is -2.12. The smallest absolute Gasteiger partial charge is 0.260 e. The zero-order valence-electron chi connectivity index (χ0n) is 12.6. The van der Waals surface area contributed by atoms with Gasteiger partial charge in [-0.05, 0) is 24.4 Å². The minimum atomic E-state index is -0.0962. The number of hydrogen-bond acceptors (Lipinski definition) is 7. The van der Waals surface area contributed by atoms with Gasteiger partial charge in [-0.25, -0.2) is 15.0 Å². The van der Waals surface area contributed by atoms with Gasteiger partial charge in [0.25, 0.3) is 5.56 Å². The van der Waals surface area contributed by atoms with E-state index in [0.29, 0.717) is 16.4 Å². The molecule has 4 heterocycles. The van der Waals surface area contributed by atoms with E-state index in [4.69, 9.17) is 0 Å². The van der Waals surface area contributed by atoms with E-state index in [-0.39, 0.29) is 10.8 Å². The van der Waals surface area contributed by atoms with Crippen molar-refractivity contribution in [1.29, 1.82) is 0 Å². The molecule has 0 aliphatic rings. The van der Waals surface area contributed by atoms with E-state index in [9.17, 15) is 4.79 Å². The second-order valence-electron chi connectivity index (χ2n) is 5.05. The van der Waals surface area contributed by atoms with Crippen LogP contribution >= 0.6 is 34.4 Å². The van der Waals surface area contributed by atoms with Crippen LogP contribution in [0, 0.1) is 0 Å². The Hall–Kier alpha value is -2.03. The van der Waals surface area contributed by atoms with Crippen LogP contribution in [0.3, 0.4) is 0 Å². The predicted molar refractivity (Wildman–Crippen MR) is 99.9 cm³/mol. The molecule has 120 valence electrons. The number of thioether (sulfide) groups is 1. The summed E-state index contributed by atoms with van der Waals surface area (Å²) in [5.74, 6) is 0.643. The van der Waals surface area contributed by atoms with Gasteiger partial charge in [-0.15, -0.1) is 22.7 Å². The summed E-state index contributed by atoms with van der Waals surface area (Å²) in [6.45, 7) is 1.99. The third kappa shape index (κ3) is 2.88. The van der Waals surface area contributed by atoms with E-state index < -0.39 is 0 Å². The average Bonchev–Trinajstić information content (AvgIpc) is 3.24. The van der Waals surface area contributed by atoms with Crippen molar-refractivity contribution in [1.82, 2.24) is 19.9 Å². The molecule has 4 aromatic heterocycles. The Morgan fingerprint density at radius 2 is 2.04 bits per heavy atom. The average molecular weight is 373 g/mol. The van der Waals surface area contributed by atoms with Crippen molar-refractivity contribution in [3.63, 3.8) is 0 Å². The molecule has 0 aliphatic heterocycles. The fraction of sp³-hybridized carbons (Fsp3) is 0.125. The molecule has 1 N–H and O–H groups in total. The van der Waals surface area contributed by atoms with E-state index in [2.05, 4.69) is 19.9 Å². The fourth-order valence-electron chi connectivity index (χ4n) is 2.33. The monoisotopic (exact) mass is 372 g/mol. The van der Waals surface area contributed by atoms with Crippen molar-refractivity contribution >= 4 is 44.7 Å². The number of aromatic nitrogens is 4. The highest BCUT2D eigenvalue weighted by atomic mass is 32.2. The standard InChI is InChI=1S/C16H12N4OS3/c1-9(24-16-17-5-3-6-18-16)13-19-14(21)12-10(8-23-15(12)20-13)11-4-2-7-22-11/h2-9H,1H3,(H,19,20,21)/t9-/m1/s1. The van der Waals surface area contributed by atoms with E-state index in [1.807, 2.05) is 29.8 Å². The van der Waals surface area contributed by atoms with Crippen LogP contribution < -0.4 is 5.56 Å². The summed E-state index contributed by atoms with van der Waals surface area (Å²) in [6.07, 6.45) is 3.40. The molecule has 0 saturated carbocycles. The van der Waals surface area contributed by atoms with Gasteiger partial charge in [-0.1, -0.05) is 17.8 Å². The maximum Gasteiger partial charge on any atom is 0.260 e. The molecule has 0 fully saturated rings. The number of hydrogen-bond donors (Lipinski definition) is 1. The zero-order chi connectivity index (χ0) is 16.5. The lowest BCUT2D eigenvalue weighted by Gasteiger charge is -2.09. The van der Waals surface area contributed by atoms with Gasteiger partial charge in [-0.2, -0.15) is 0 Å². The largest absolute Gasteiger partial charge is 0.309 e. The molecule has 0 aliphatic carbocycles. The first-order valence-corrected chi connectivity index (χ1v) is 9.85. The zero-order valence-corrected chi connectivity index (χ0v) is 15.0. The molecule has 4 aromatic rings. The molecule has 0 radical (unpaired) electrons. The van der Waals surface area contributed by atoms with Gasteiger partial charge in [-0.3, -0.25) is 4.79 Å². The number of nitrogens with zero attached hydrogens (tertiary/aromatic N) is 3. The second-order valence-corrected chi connectivity index (χ2v) is 8.16. The quantitative estimate of drug-likeness (QED) is 0.426. The van der Waals surface area contributed by atoms with Crippen molar-refractivity contribution in [2.24, 2.45) is 0 Å². The maximum absolute atomic E-state index is 12.6. The molecule has 0 amide bonds. The molecule has 0 unspecified atom stereocenters. The number of fused-ring (bicyclic) bond motifs is 1. The Morgan fingerprint density at radius 1 is 1.21 bits per heavy atom. The molecule has 8 heteroatoms. The SMILES string of the molecule is C[C@@H](Sc1ncccn1)c1nc2scc(-c3cccs3)c2c(=O)[nH]1. The summed E-state index contributed by atoms with van der Waals surface area (Å²) >= 11 is 4.59. The minimum absolute atomic E-state index is 0.0446. The summed E-state index contributed by atoms with van der Waals surface area (Å²) in [4.78, 5) is 30.4. The van der Waals surface area contributed by atoms with Gasteiger partial charge in [0.05, 0.1) is 10.6 Å². The molecular weight excluding hydrogens is 360 g/mol. The molecule has 0 saturated heterocycles. The van der Waals surface area contributed by atoms with Gasteiger partial charge in [0.2, 0.25) is 0 Å². The van der Waals surface area contributed by atoms with Crippen LogP contribution in [0.25, 0.3) is 20.7 Å². The summed E-state index contributed by atoms with van der Waals surface area (Å²) in [5.41, 5.74) is 0.859. The van der Waals surface area contributed by atoms with E-state index in [1.54, 1.807) is 29.8 Å². The van der Waals surface area contributed by atoms with Gasteiger partial charge in [0.1, 0.15) is 10.7 Å². The van der Waals surface area contributed by atoms with Crippen molar-refractivity contribution < 1.29 is 0 Å². The number of aromatic amines is 1. The third-order valence-corrected chi connectivity index (χ3v) is 6.23. The van der Waals surface area contributed by atoms with Crippen LogP contribution in [0.4, 0.5) is 0 Å². The molecule has 0 spiro atoms. The fourth-order valence-corrected chi connectivity index (χ4v) is 4.88. The highest BCUT2D eigenvalue weighted by Gasteiger charge is 2.17. The first-order chi connectivity index (χ1) is 11.7. The summed E-state index contributed by atoms with van der Waals surface area (Å²) in [6, 6.07) is 5.78. The maximum atomic E-state index is 12.6. The van der Waals surface area contributed by atoms with Crippen LogP contribution in [0.1, 0.15) is 18.0 Å². The summed E-state index contributed by atoms with van der Waals surface area (Å²) < 4.78 is 0. The normalized spacial score (nSPS) is 12.5. The van der Waals surface area contributed by atoms with Gasteiger partial charge in [0.15, 0.2) is 5.16 Å². The molecule has 4 rings (SSSR count). The van der Waals surface area contributed by atoms with Crippen LogP contribution in [-0.4, -0.2) is 19.9 Å².